The molecule has 1 aliphatic rings. The van der Waals surface area contributed by atoms with Crippen LogP contribution >= 0.6 is 39.1 Å². The molecule has 5 nitrogen and oxygen atoms in total. The van der Waals surface area contributed by atoms with Gasteiger partial charge in [0.1, 0.15) is 0 Å². The molecule has 0 spiro atoms. The predicted molar refractivity (Wildman–Crippen MR) is 135 cm³/mol. The van der Waals surface area contributed by atoms with E-state index in [1.165, 1.54) is 0 Å². The molecule has 1 aliphatic carbocycles. The molecule has 33 heavy (non-hydrogen) atoms. The Morgan fingerprint density at radius 1 is 1.15 bits per heavy atom. The van der Waals surface area contributed by atoms with Crippen molar-refractivity contribution in [3.63, 3.8) is 0 Å². The Morgan fingerprint density at radius 2 is 1.91 bits per heavy atom. The lowest BCUT2D eigenvalue weighted by atomic mass is 10.0. The standard InChI is InChI=1S/C25H21BrCl2N4O/c1-3-11-25(12-13-25)24-30-29-23(33-24)21-18(4-2)22(15-5-7-16(26)8-6-15)32(31-21)20-10-9-17(27)14-19(20)28/h3,5-10,14H,1,4,11-13H2,2H3. The molecule has 8 heteroatoms. The third-order valence-electron chi connectivity index (χ3n) is 6.06. The zero-order valence-electron chi connectivity index (χ0n) is 18.0. The summed E-state index contributed by atoms with van der Waals surface area (Å²) in [5, 5.41) is 14.8. The maximum atomic E-state index is 6.59. The average Bonchev–Trinajstić information content (AvgIpc) is 3.25. The minimum Gasteiger partial charge on any atom is -0.419 e. The number of hydrogen-bond donors (Lipinski definition) is 0. The molecule has 1 fully saturated rings. The molecule has 2 heterocycles. The van der Waals surface area contributed by atoms with Crippen LogP contribution in [0, 0.1) is 0 Å². The van der Waals surface area contributed by atoms with Crippen LogP contribution in [-0.2, 0) is 11.8 Å². The molecular formula is C25H21BrCl2N4O. The number of rotatable bonds is 7. The third-order valence-corrected chi connectivity index (χ3v) is 7.13. The fraction of sp³-hybridized carbons (Fsp3) is 0.240. The Kier molecular flexibility index (Phi) is 5.93. The van der Waals surface area contributed by atoms with Crippen molar-refractivity contribution >= 4 is 39.1 Å². The molecule has 0 atom stereocenters. The first kappa shape index (κ1) is 22.4. The van der Waals surface area contributed by atoms with Crippen LogP contribution in [0.2, 0.25) is 10.0 Å². The number of halogens is 3. The van der Waals surface area contributed by atoms with Crippen LogP contribution in [0.5, 0.6) is 0 Å². The Morgan fingerprint density at radius 3 is 2.55 bits per heavy atom. The molecule has 2 aromatic heterocycles. The van der Waals surface area contributed by atoms with Crippen LogP contribution in [0.3, 0.4) is 0 Å². The summed E-state index contributed by atoms with van der Waals surface area (Å²) in [6.45, 7) is 5.97. The topological polar surface area (TPSA) is 56.7 Å². The van der Waals surface area contributed by atoms with Crippen LogP contribution < -0.4 is 0 Å². The van der Waals surface area contributed by atoms with E-state index >= 15 is 0 Å². The summed E-state index contributed by atoms with van der Waals surface area (Å²) in [6.07, 6.45) is 5.52. The highest BCUT2D eigenvalue weighted by molar-refractivity contribution is 9.10. The molecule has 0 saturated heterocycles. The second kappa shape index (κ2) is 8.75. The smallest absolute Gasteiger partial charge is 0.268 e. The van der Waals surface area contributed by atoms with Gasteiger partial charge in [-0.3, -0.25) is 0 Å². The van der Waals surface area contributed by atoms with E-state index in [-0.39, 0.29) is 5.41 Å². The van der Waals surface area contributed by atoms with E-state index in [0.29, 0.717) is 27.5 Å². The highest BCUT2D eigenvalue weighted by Crippen LogP contribution is 2.51. The monoisotopic (exact) mass is 542 g/mol. The molecule has 1 saturated carbocycles. The summed E-state index contributed by atoms with van der Waals surface area (Å²) in [7, 11) is 0. The maximum absolute atomic E-state index is 6.59. The first-order chi connectivity index (χ1) is 16.0. The largest absolute Gasteiger partial charge is 0.419 e. The van der Waals surface area contributed by atoms with Crippen LogP contribution in [0.1, 0.15) is 37.6 Å². The van der Waals surface area contributed by atoms with Gasteiger partial charge in [-0.1, -0.05) is 64.3 Å². The normalized spacial score (nSPS) is 14.4. The lowest BCUT2D eigenvalue weighted by molar-refractivity contribution is 0.442. The molecule has 4 aromatic rings. The zero-order chi connectivity index (χ0) is 23.2. The van der Waals surface area contributed by atoms with E-state index in [1.54, 1.807) is 12.1 Å². The van der Waals surface area contributed by atoms with Gasteiger partial charge in [0.15, 0.2) is 5.69 Å². The molecular weight excluding hydrogens is 523 g/mol. The van der Waals surface area contributed by atoms with E-state index in [1.807, 2.05) is 41.1 Å². The lowest BCUT2D eigenvalue weighted by Crippen LogP contribution is -2.04. The minimum absolute atomic E-state index is 0.0734. The van der Waals surface area contributed by atoms with Gasteiger partial charge in [-0.2, -0.15) is 5.10 Å². The summed E-state index contributed by atoms with van der Waals surface area (Å²) in [6, 6.07) is 13.5. The van der Waals surface area contributed by atoms with Crippen molar-refractivity contribution in [2.24, 2.45) is 0 Å². The van der Waals surface area contributed by atoms with E-state index in [4.69, 9.17) is 32.7 Å². The molecule has 0 radical (unpaired) electrons. The molecule has 0 unspecified atom stereocenters. The molecule has 0 bridgehead atoms. The van der Waals surface area contributed by atoms with E-state index < -0.39 is 0 Å². The van der Waals surface area contributed by atoms with Gasteiger partial charge in [0.2, 0.25) is 5.89 Å². The summed E-state index contributed by atoms with van der Waals surface area (Å²) >= 11 is 16.3. The highest BCUT2D eigenvalue weighted by atomic mass is 79.9. The SMILES string of the molecule is C=CCC1(c2nnc(-c3nn(-c4ccc(Cl)cc4Cl)c(-c4ccc(Br)cc4)c3CC)o2)CC1. The molecule has 5 rings (SSSR count). The maximum Gasteiger partial charge on any atom is 0.268 e. The Bertz CT molecular complexity index is 1340. The molecule has 2 aromatic carbocycles. The van der Waals surface area contributed by atoms with Gasteiger partial charge in [0, 0.05) is 20.6 Å². The van der Waals surface area contributed by atoms with Crippen LogP contribution in [0.4, 0.5) is 0 Å². The average molecular weight is 544 g/mol. The zero-order valence-corrected chi connectivity index (χ0v) is 21.1. The fourth-order valence-corrected chi connectivity index (χ4v) is 4.91. The molecule has 0 N–H and O–H groups in total. The van der Waals surface area contributed by atoms with Crippen molar-refractivity contribution in [1.82, 2.24) is 20.0 Å². The van der Waals surface area contributed by atoms with Crippen molar-refractivity contribution in [2.45, 2.75) is 38.0 Å². The predicted octanol–water partition coefficient (Wildman–Crippen LogP) is 7.83. The van der Waals surface area contributed by atoms with Crippen LogP contribution in [0.15, 0.2) is 64.0 Å². The van der Waals surface area contributed by atoms with E-state index in [0.717, 1.165) is 52.7 Å². The van der Waals surface area contributed by atoms with Crippen molar-refractivity contribution in [3.8, 4) is 28.5 Å². The third kappa shape index (κ3) is 4.05. The van der Waals surface area contributed by atoms with Crippen molar-refractivity contribution < 1.29 is 4.42 Å². The van der Waals surface area contributed by atoms with Crippen molar-refractivity contribution in [3.05, 3.63) is 81.1 Å². The second-order valence-corrected chi connectivity index (χ2v) is 9.99. The summed E-state index contributed by atoms with van der Waals surface area (Å²) in [5.41, 5.74) is 4.25. The summed E-state index contributed by atoms with van der Waals surface area (Å²) < 4.78 is 9.04. The highest BCUT2D eigenvalue weighted by Gasteiger charge is 2.48. The summed E-state index contributed by atoms with van der Waals surface area (Å²) in [4.78, 5) is 0. The van der Waals surface area contributed by atoms with Gasteiger partial charge in [-0.05, 0) is 56.0 Å². The second-order valence-electron chi connectivity index (χ2n) is 8.23. The first-order valence-corrected chi connectivity index (χ1v) is 12.3. The van der Waals surface area contributed by atoms with Crippen LogP contribution in [-0.4, -0.2) is 20.0 Å². The van der Waals surface area contributed by atoms with Crippen molar-refractivity contribution in [1.29, 1.82) is 0 Å². The quantitative estimate of drug-likeness (QED) is 0.223. The number of allylic oxidation sites excluding steroid dienone is 1. The number of benzene rings is 2. The summed E-state index contributed by atoms with van der Waals surface area (Å²) in [5.74, 6) is 1.07. The number of nitrogens with zero attached hydrogens (tertiary/aromatic N) is 4. The van der Waals surface area contributed by atoms with E-state index in [9.17, 15) is 0 Å². The lowest BCUT2D eigenvalue weighted by Gasteiger charge is -2.11. The van der Waals surface area contributed by atoms with E-state index in [2.05, 4.69) is 39.6 Å². The first-order valence-electron chi connectivity index (χ1n) is 10.7. The molecule has 0 aliphatic heterocycles. The van der Waals surface area contributed by atoms with Crippen LogP contribution in [0.25, 0.3) is 28.5 Å². The number of aromatic nitrogens is 4. The molecule has 0 amide bonds. The van der Waals surface area contributed by atoms with Gasteiger partial charge in [-0.15, -0.1) is 16.8 Å². The minimum atomic E-state index is -0.0734. The van der Waals surface area contributed by atoms with Gasteiger partial charge in [-0.25, -0.2) is 4.68 Å². The number of hydrogen-bond acceptors (Lipinski definition) is 4. The Labute approximate surface area is 210 Å². The van der Waals surface area contributed by atoms with Gasteiger partial charge in [0.05, 0.1) is 21.8 Å². The van der Waals surface area contributed by atoms with Crippen molar-refractivity contribution in [2.75, 3.05) is 0 Å². The molecule has 168 valence electrons. The van der Waals surface area contributed by atoms with Gasteiger partial charge < -0.3 is 4.42 Å². The Hall–Kier alpha value is -2.41. The van der Waals surface area contributed by atoms with Gasteiger partial charge >= 0.3 is 0 Å². The fourth-order valence-electron chi connectivity index (χ4n) is 4.15. The van der Waals surface area contributed by atoms with Gasteiger partial charge in [0.25, 0.3) is 5.89 Å². The Balaban J connectivity index is 1.71.